The van der Waals surface area contributed by atoms with Gasteiger partial charge in [-0.3, -0.25) is 0 Å². The Morgan fingerprint density at radius 2 is 2.07 bits per heavy atom. The van der Waals surface area contributed by atoms with E-state index in [1.807, 2.05) is 11.8 Å². The smallest absolute Gasteiger partial charge is 0.409 e. The second kappa shape index (κ2) is 3.79. The Bertz CT molecular complexity index is 221. The summed E-state index contributed by atoms with van der Waals surface area (Å²) in [6.07, 6.45) is 6.38. The third-order valence-corrected chi connectivity index (χ3v) is 3.63. The molecule has 1 saturated carbocycles. The lowest BCUT2D eigenvalue weighted by Gasteiger charge is -2.22. The summed E-state index contributed by atoms with van der Waals surface area (Å²) in [6.45, 7) is 4.19. The topological polar surface area (TPSA) is 29.5 Å². The Balaban J connectivity index is 1.90. The third-order valence-electron chi connectivity index (χ3n) is 3.63. The van der Waals surface area contributed by atoms with Gasteiger partial charge in [-0.25, -0.2) is 4.79 Å². The van der Waals surface area contributed by atoms with Gasteiger partial charge in [-0.15, -0.1) is 0 Å². The SMILES string of the molecule is CCOC(=O)N1CCC2(CCCC2)C1. The van der Waals surface area contributed by atoms with Crippen molar-refractivity contribution >= 4 is 6.09 Å². The van der Waals surface area contributed by atoms with Gasteiger partial charge in [-0.05, 0) is 31.6 Å². The lowest BCUT2D eigenvalue weighted by atomic mass is 9.86. The van der Waals surface area contributed by atoms with Gasteiger partial charge in [0.2, 0.25) is 0 Å². The van der Waals surface area contributed by atoms with Crippen LogP contribution in [0.1, 0.15) is 39.0 Å². The third kappa shape index (κ3) is 1.72. The molecule has 2 aliphatic rings. The summed E-state index contributed by atoms with van der Waals surface area (Å²) in [6, 6.07) is 0. The summed E-state index contributed by atoms with van der Waals surface area (Å²) in [5.74, 6) is 0. The van der Waals surface area contributed by atoms with Crippen LogP contribution in [0.3, 0.4) is 0 Å². The molecule has 0 aromatic rings. The van der Waals surface area contributed by atoms with Crippen molar-refractivity contribution < 1.29 is 9.53 Å². The molecule has 1 amide bonds. The summed E-state index contributed by atoms with van der Waals surface area (Å²) >= 11 is 0. The molecule has 1 aliphatic carbocycles. The molecule has 0 aromatic heterocycles. The van der Waals surface area contributed by atoms with Crippen LogP contribution in [0.15, 0.2) is 0 Å². The van der Waals surface area contributed by atoms with Gasteiger partial charge in [-0.1, -0.05) is 12.8 Å². The van der Waals surface area contributed by atoms with E-state index in [9.17, 15) is 4.79 Å². The number of hydrogen-bond acceptors (Lipinski definition) is 2. The first kappa shape index (κ1) is 9.81. The van der Waals surface area contributed by atoms with Gasteiger partial charge in [0.25, 0.3) is 0 Å². The number of nitrogens with zero attached hydrogens (tertiary/aromatic N) is 1. The highest BCUT2D eigenvalue weighted by atomic mass is 16.6. The van der Waals surface area contributed by atoms with Gasteiger partial charge in [0.05, 0.1) is 6.61 Å². The van der Waals surface area contributed by atoms with Crippen LogP contribution in [-0.2, 0) is 4.74 Å². The molecule has 1 spiro atoms. The number of ether oxygens (including phenoxy) is 1. The maximum Gasteiger partial charge on any atom is 0.409 e. The summed E-state index contributed by atoms with van der Waals surface area (Å²) in [7, 11) is 0. The highest BCUT2D eigenvalue weighted by molar-refractivity contribution is 5.68. The average molecular weight is 197 g/mol. The zero-order valence-electron chi connectivity index (χ0n) is 8.92. The fourth-order valence-corrected chi connectivity index (χ4v) is 2.84. The minimum absolute atomic E-state index is 0.115. The maximum atomic E-state index is 11.5. The van der Waals surface area contributed by atoms with E-state index < -0.39 is 0 Å². The summed E-state index contributed by atoms with van der Waals surface area (Å²) in [5, 5.41) is 0. The van der Waals surface area contributed by atoms with Gasteiger partial charge >= 0.3 is 6.09 Å². The number of carbonyl (C=O) groups excluding carboxylic acids is 1. The van der Waals surface area contributed by atoms with Gasteiger partial charge in [0, 0.05) is 13.1 Å². The van der Waals surface area contributed by atoms with Crippen molar-refractivity contribution in [1.29, 1.82) is 0 Å². The van der Waals surface area contributed by atoms with E-state index in [4.69, 9.17) is 4.74 Å². The van der Waals surface area contributed by atoms with Crippen molar-refractivity contribution in [2.45, 2.75) is 39.0 Å². The van der Waals surface area contributed by atoms with Crippen molar-refractivity contribution in [3.05, 3.63) is 0 Å². The van der Waals surface area contributed by atoms with Gasteiger partial charge in [0.15, 0.2) is 0 Å². The molecule has 2 fully saturated rings. The lowest BCUT2D eigenvalue weighted by molar-refractivity contribution is 0.111. The first-order chi connectivity index (χ1) is 6.76. The van der Waals surface area contributed by atoms with Crippen molar-refractivity contribution in [3.8, 4) is 0 Å². The second-order valence-corrected chi connectivity index (χ2v) is 4.58. The Morgan fingerprint density at radius 3 is 2.71 bits per heavy atom. The molecular weight excluding hydrogens is 178 g/mol. The van der Waals surface area contributed by atoms with Crippen LogP contribution in [0.25, 0.3) is 0 Å². The van der Waals surface area contributed by atoms with Gasteiger partial charge < -0.3 is 9.64 Å². The molecule has 1 heterocycles. The zero-order valence-corrected chi connectivity index (χ0v) is 8.92. The van der Waals surface area contributed by atoms with Crippen molar-refractivity contribution in [2.24, 2.45) is 5.41 Å². The van der Waals surface area contributed by atoms with E-state index in [1.165, 1.54) is 32.1 Å². The van der Waals surface area contributed by atoms with Crippen LogP contribution >= 0.6 is 0 Å². The predicted octanol–water partition coefficient (Wildman–Crippen LogP) is 2.41. The monoisotopic (exact) mass is 197 g/mol. The fraction of sp³-hybridized carbons (Fsp3) is 0.909. The van der Waals surface area contributed by atoms with Crippen LogP contribution in [0.5, 0.6) is 0 Å². The summed E-state index contributed by atoms with van der Waals surface area (Å²) in [4.78, 5) is 13.4. The van der Waals surface area contributed by atoms with E-state index in [-0.39, 0.29) is 6.09 Å². The Hall–Kier alpha value is -0.730. The highest BCUT2D eigenvalue weighted by Gasteiger charge is 2.42. The quantitative estimate of drug-likeness (QED) is 0.646. The Kier molecular flexibility index (Phi) is 2.66. The van der Waals surface area contributed by atoms with Crippen LogP contribution in [0.4, 0.5) is 4.79 Å². The largest absolute Gasteiger partial charge is 0.450 e. The molecule has 3 heteroatoms. The molecule has 3 nitrogen and oxygen atoms in total. The summed E-state index contributed by atoms with van der Waals surface area (Å²) < 4.78 is 5.02. The molecule has 1 saturated heterocycles. The molecule has 0 aromatic carbocycles. The summed E-state index contributed by atoms with van der Waals surface area (Å²) in [5.41, 5.74) is 0.465. The number of carbonyl (C=O) groups is 1. The van der Waals surface area contributed by atoms with E-state index in [0.717, 1.165) is 13.1 Å². The normalized spacial score (nSPS) is 24.5. The van der Waals surface area contributed by atoms with Crippen LogP contribution in [0, 0.1) is 5.41 Å². The van der Waals surface area contributed by atoms with Crippen molar-refractivity contribution in [3.63, 3.8) is 0 Å². The molecule has 80 valence electrons. The number of likely N-dealkylation sites (tertiary alicyclic amines) is 1. The molecule has 0 bridgehead atoms. The Labute approximate surface area is 85.4 Å². The van der Waals surface area contributed by atoms with Gasteiger partial charge in [-0.2, -0.15) is 0 Å². The van der Waals surface area contributed by atoms with E-state index >= 15 is 0 Å². The predicted molar refractivity (Wildman–Crippen MR) is 54.1 cm³/mol. The maximum absolute atomic E-state index is 11.5. The van der Waals surface area contributed by atoms with E-state index in [0.29, 0.717) is 12.0 Å². The molecule has 2 rings (SSSR count). The van der Waals surface area contributed by atoms with Crippen LogP contribution in [-0.4, -0.2) is 30.7 Å². The molecule has 0 N–H and O–H groups in total. The minimum atomic E-state index is -0.115. The molecular formula is C11H19NO2. The van der Waals surface area contributed by atoms with E-state index in [1.54, 1.807) is 0 Å². The van der Waals surface area contributed by atoms with Gasteiger partial charge in [0.1, 0.15) is 0 Å². The van der Waals surface area contributed by atoms with Crippen LogP contribution < -0.4 is 0 Å². The standard InChI is InChI=1S/C11H19NO2/c1-2-14-10(13)12-8-7-11(9-12)5-3-4-6-11/h2-9H2,1H3. The highest BCUT2D eigenvalue weighted by Crippen LogP contribution is 2.45. The molecule has 0 unspecified atom stereocenters. The average Bonchev–Trinajstić information content (AvgIpc) is 2.78. The van der Waals surface area contributed by atoms with Crippen molar-refractivity contribution in [2.75, 3.05) is 19.7 Å². The van der Waals surface area contributed by atoms with Crippen LogP contribution in [0.2, 0.25) is 0 Å². The molecule has 0 radical (unpaired) electrons. The molecule has 1 aliphatic heterocycles. The Morgan fingerprint density at radius 1 is 1.36 bits per heavy atom. The minimum Gasteiger partial charge on any atom is -0.450 e. The first-order valence-electron chi connectivity index (χ1n) is 5.67. The first-order valence-corrected chi connectivity index (χ1v) is 5.67. The lowest BCUT2D eigenvalue weighted by Crippen LogP contribution is -2.31. The van der Waals surface area contributed by atoms with E-state index in [2.05, 4.69) is 0 Å². The number of amides is 1. The number of hydrogen-bond donors (Lipinski definition) is 0. The number of rotatable bonds is 1. The molecule has 14 heavy (non-hydrogen) atoms. The zero-order chi connectivity index (χ0) is 10.0. The second-order valence-electron chi connectivity index (χ2n) is 4.58. The van der Waals surface area contributed by atoms with Crippen molar-refractivity contribution in [1.82, 2.24) is 4.90 Å². The fourth-order valence-electron chi connectivity index (χ4n) is 2.84. The molecule has 0 atom stereocenters.